The number of fused-ring (bicyclic) bond motifs is 10. The Labute approximate surface area is 330 Å². The Bertz CT molecular complexity index is 2740. The lowest BCUT2D eigenvalue weighted by molar-refractivity contribution is 0.293. The third-order valence-electron chi connectivity index (χ3n) is 10.9. The summed E-state index contributed by atoms with van der Waals surface area (Å²) in [7, 11) is 0. The summed E-state index contributed by atoms with van der Waals surface area (Å²) in [6, 6.07) is 78.6. The standard InChI is InChI=1S/C53H40O.C2H4/c1-2-19-39-20-4-5-21-40(39)22-6-7-23-41-24-8-9-25-42(41)26-10-11-28-43(27-3-1)46-32-18-35-50-52(46)47-31-14-16-34-49(47)53(50)37-44-29-13-17-36-51(44)54-38-45-30-12-15-33-48(45)53;1-2/h1-36H,37-38H2;1-2H2. The van der Waals surface area contributed by atoms with E-state index < -0.39 is 0 Å². The molecule has 56 heavy (non-hydrogen) atoms. The first-order chi connectivity index (χ1) is 27.8. The van der Waals surface area contributed by atoms with Gasteiger partial charge >= 0.3 is 0 Å². The number of rotatable bonds is 1. The van der Waals surface area contributed by atoms with Gasteiger partial charge in [0, 0.05) is 0 Å². The van der Waals surface area contributed by atoms with Gasteiger partial charge < -0.3 is 4.74 Å². The Balaban J connectivity index is 0.00000217. The average molecular weight is 721 g/mol. The molecule has 0 N–H and O–H groups in total. The molecule has 0 bridgehead atoms. The lowest BCUT2D eigenvalue weighted by Gasteiger charge is -2.37. The molecular weight excluding hydrogens is 677 g/mol. The van der Waals surface area contributed by atoms with Crippen LogP contribution in [0.5, 0.6) is 5.75 Å². The minimum Gasteiger partial charge on any atom is -0.489 e. The van der Waals surface area contributed by atoms with Crippen molar-refractivity contribution < 1.29 is 4.74 Å². The number of para-hydroxylation sites is 1. The molecule has 0 saturated carbocycles. The summed E-state index contributed by atoms with van der Waals surface area (Å²) in [5.41, 5.74) is 11.0. The van der Waals surface area contributed by atoms with Gasteiger partial charge in [0.25, 0.3) is 0 Å². The van der Waals surface area contributed by atoms with Crippen LogP contribution in [0.25, 0.3) is 43.8 Å². The van der Waals surface area contributed by atoms with Crippen LogP contribution in [-0.4, -0.2) is 0 Å². The molecule has 1 unspecified atom stereocenters. The highest BCUT2D eigenvalue weighted by Gasteiger charge is 2.47. The van der Waals surface area contributed by atoms with Crippen LogP contribution < -0.4 is 4.74 Å². The van der Waals surface area contributed by atoms with Crippen LogP contribution in [0.2, 0.25) is 0 Å². The van der Waals surface area contributed by atoms with Gasteiger partial charge in [-0.05, 0) is 84.1 Å². The highest BCUT2D eigenvalue weighted by Crippen LogP contribution is 2.58. The van der Waals surface area contributed by atoms with Gasteiger partial charge in [-0.1, -0.05) is 212 Å². The molecule has 0 aromatic heterocycles. The second kappa shape index (κ2) is 16.6. The van der Waals surface area contributed by atoms with Crippen molar-refractivity contribution in [2.75, 3.05) is 0 Å². The van der Waals surface area contributed by atoms with Crippen molar-refractivity contribution >= 4 is 21.5 Å². The summed E-state index contributed by atoms with van der Waals surface area (Å²) in [6.45, 7) is 6.53. The van der Waals surface area contributed by atoms with E-state index in [1.165, 1.54) is 66.1 Å². The molecule has 0 amide bonds. The second-order valence-corrected chi connectivity index (χ2v) is 14.0. The van der Waals surface area contributed by atoms with Crippen LogP contribution in [0.4, 0.5) is 0 Å². The lowest BCUT2D eigenvalue weighted by Crippen LogP contribution is -2.32. The summed E-state index contributed by atoms with van der Waals surface area (Å²) in [5, 5.41) is 4.70. The van der Waals surface area contributed by atoms with Crippen LogP contribution in [0.1, 0.15) is 27.8 Å². The van der Waals surface area contributed by atoms with E-state index in [2.05, 4.69) is 232 Å². The van der Waals surface area contributed by atoms with Crippen molar-refractivity contribution in [2.45, 2.75) is 18.4 Å². The molecule has 2 aliphatic rings. The van der Waals surface area contributed by atoms with Gasteiger partial charge in [-0.15, -0.1) is 13.2 Å². The smallest absolute Gasteiger partial charge is 0.123 e. The molecule has 9 rings (SSSR count). The zero-order chi connectivity index (χ0) is 38.2. The largest absolute Gasteiger partial charge is 0.489 e. The molecule has 1 nitrogen and oxygen atoms in total. The highest BCUT2D eigenvalue weighted by atomic mass is 16.5. The molecule has 1 heteroatoms. The topological polar surface area (TPSA) is 9.23 Å². The second-order valence-electron chi connectivity index (χ2n) is 14.0. The van der Waals surface area contributed by atoms with Crippen molar-refractivity contribution in [1.29, 1.82) is 0 Å². The summed E-state index contributed by atoms with van der Waals surface area (Å²) in [4.78, 5) is 0. The van der Waals surface area contributed by atoms with Crippen molar-refractivity contribution in [2.24, 2.45) is 0 Å². The predicted octanol–water partition coefficient (Wildman–Crippen LogP) is 14.3. The first-order valence-corrected chi connectivity index (χ1v) is 19.2. The van der Waals surface area contributed by atoms with Crippen molar-refractivity contribution in [3.63, 3.8) is 0 Å². The molecular formula is C55H44O. The molecule has 7 aromatic rings. The molecule has 0 radical (unpaired) electrons. The zero-order valence-corrected chi connectivity index (χ0v) is 31.5. The summed E-state index contributed by atoms with van der Waals surface area (Å²) in [5.74, 6) is 0.962. The van der Waals surface area contributed by atoms with Gasteiger partial charge in [0.2, 0.25) is 0 Å². The molecule has 1 aliphatic carbocycles. The number of benzene rings is 6. The molecule has 1 spiro atoms. The van der Waals surface area contributed by atoms with Crippen molar-refractivity contribution in [3.8, 4) is 28.0 Å². The predicted molar refractivity (Wildman–Crippen MR) is 237 cm³/mol. The molecule has 270 valence electrons. The van der Waals surface area contributed by atoms with E-state index in [4.69, 9.17) is 4.74 Å². The molecule has 0 saturated heterocycles. The molecule has 0 fully saturated rings. The number of hydrogen-bond acceptors (Lipinski definition) is 1. The Morgan fingerprint density at radius 1 is 0.357 bits per heavy atom. The Kier molecular flexibility index (Phi) is 10.7. The van der Waals surface area contributed by atoms with Gasteiger partial charge in [-0.3, -0.25) is 0 Å². The van der Waals surface area contributed by atoms with Crippen LogP contribution in [0, 0.1) is 0 Å². The van der Waals surface area contributed by atoms with Crippen molar-refractivity contribution in [1.82, 2.24) is 0 Å². The van der Waals surface area contributed by atoms with E-state index in [-0.39, 0.29) is 5.41 Å². The monoisotopic (exact) mass is 720 g/mol. The molecule has 7 aromatic carbocycles. The van der Waals surface area contributed by atoms with E-state index in [0.29, 0.717) is 6.61 Å². The molecule has 1 heterocycles. The molecule has 1 aliphatic heterocycles. The van der Waals surface area contributed by atoms with E-state index in [1.807, 2.05) is 0 Å². The third-order valence-corrected chi connectivity index (χ3v) is 10.9. The summed E-state index contributed by atoms with van der Waals surface area (Å²) < 4.78 is 6.46. The fourth-order valence-corrected chi connectivity index (χ4v) is 8.41. The average Bonchev–Trinajstić information content (AvgIpc) is 3.53. The number of hydrogen-bond donors (Lipinski definition) is 0. The maximum Gasteiger partial charge on any atom is 0.123 e. The minimum atomic E-state index is -0.379. The van der Waals surface area contributed by atoms with Crippen LogP contribution in [-0.2, 0) is 18.4 Å². The number of ether oxygens (including phenoxy) is 1. The fourth-order valence-electron chi connectivity index (χ4n) is 8.41. The zero-order valence-electron chi connectivity index (χ0n) is 31.5. The summed E-state index contributed by atoms with van der Waals surface area (Å²) in [6.07, 6.45) is 0.806. The van der Waals surface area contributed by atoms with Crippen LogP contribution in [0.15, 0.2) is 232 Å². The quantitative estimate of drug-likeness (QED) is 0.153. The van der Waals surface area contributed by atoms with Gasteiger partial charge in [0.05, 0.1) is 5.41 Å². The van der Waals surface area contributed by atoms with E-state index in [1.54, 1.807) is 0 Å². The highest BCUT2D eigenvalue weighted by molar-refractivity contribution is 5.94. The Morgan fingerprint density at radius 3 is 1.41 bits per heavy atom. The molecule has 1 atom stereocenters. The van der Waals surface area contributed by atoms with Gasteiger partial charge in [0.1, 0.15) is 12.4 Å². The van der Waals surface area contributed by atoms with Crippen LogP contribution in [0.3, 0.4) is 0 Å². The maximum atomic E-state index is 6.46. The van der Waals surface area contributed by atoms with Crippen molar-refractivity contribution in [3.05, 3.63) is 259 Å². The third kappa shape index (κ3) is 6.92. The van der Waals surface area contributed by atoms with E-state index >= 15 is 0 Å². The normalized spacial score (nSPS) is 14.3. The van der Waals surface area contributed by atoms with E-state index in [0.717, 1.165) is 17.7 Å². The fraction of sp³-hybridized carbons (Fsp3) is 0.0545. The minimum absolute atomic E-state index is 0.379. The first kappa shape index (κ1) is 36.0. The first-order valence-electron chi connectivity index (χ1n) is 19.2. The lowest BCUT2D eigenvalue weighted by atomic mass is 9.67. The Hall–Kier alpha value is -6.96. The summed E-state index contributed by atoms with van der Waals surface area (Å²) >= 11 is 0. The van der Waals surface area contributed by atoms with Gasteiger partial charge in [-0.2, -0.15) is 0 Å². The van der Waals surface area contributed by atoms with Gasteiger partial charge in [-0.25, -0.2) is 0 Å². The Morgan fingerprint density at radius 2 is 0.786 bits per heavy atom. The SMILES string of the molecule is C=C.c1ccc(-c2cccc3c2-c2ccccc2C32Cc3ccccc3OCc3ccccc32)ccccc2ccccc2ccccc2ccccc2cc1. The van der Waals surface area contributed by atoms with E-state index in [9.17, 15) is 0 Å². The van der Waals surface area contributed by atoms with Gasteiger partial charge in [0.15, 0.2) is 0 Å². The maximum absolute atomic E-state index is 6.46. The van der Waals surface area contributed by atoms with Crippen LogP contribution >= 0.6 is 0 Å².